The van der Waals surface area contributed by atoms with E-state index in [2.05, 4.69) is 46.0 Å². The molecule has 0 spiro atoms. The molecule has 0 radical (unpaired) electrons. The van der Waals surface area contributed by atoms with Crippen LogP contribution in [0.2, 0.25) is 0 Å². The van der Waals surface area contributed by atoms with E-state index in [0.717, 1.165) is 30.2 Å². The third-order valence-corrected chi connectivity index (χ3v) is 3.53. The van der Waals surface area contributed by atoms with E-state index in [9.17, 15) is 0 Å². The molecular weight excluding hydrogens is 182 g/mol. The SMILES string of the molecule is CC1=CC(C)C(CNCC(C)C)C(C)C1. The summed E-state index contributed by atoms with van der Waals surface area (Å²) in [5.74, 6) is 3.17. The monoisotopic (exact) mass is 209 g/mol. The molecule has 0 aromatic carbocycles. The van der Waals surface area contributed by atoms with Crippen LogP contribution in [0.3, 0.4) is 0 Å². The second kappa shape index (κ2) is 5.69. The van der Waals surface area contributed by atoms with Crippen LogP contribution in [0.25, 0.3) is 0 Å². The highest BCUT2D eigenvalue weighted by Crippen LogP contribution is 2.32. The summed E-state index contributed by atoms with van der Waals surface area (Å²) in [6.07, 6.45) is 3.75. The zero-order valence-corrected chi connectivity index (χ0v) is 11.0. The van der Waals surface area contributed by atoms with Gasteiger partial charge in [-0.05, 0) is 50.1 Å². The minimum Gasteiger partial charge on any atom is -0.316 e. The Labute approximate surface area is 95.3 Å². The van der Waals surface area contributed by atoms with Gasteiger partial charge in [-0.1, -0.05) is 39.3 Å². The third-order valence-electron chi connectivity index (χ3n) is 3.53. The molecule has 1 aliphatic rings. The van der Waals surface area contributed by atoms with Gasteiger partial charge in [0.25, 0.3) is 0 Å². The van der Waals surface area contributed by atoms with Crippen molar-refractivity contribution in [3.8, 4) is 0 Å². The van der Waals surface area contributed by atoms with E-state index >= 15 is 0 Å². The lowest BCUT2D eigenvalue weighted by molar-refractivity contribution is 0.258. The molecule has 15 heavy (non-hydrogen) atoms. The number of hydrogen-bond donors (Lipinski definition) is 1. The van der Waals surface area contributed by atoms with Crippen LogP contribution in [0.4, 0.5) is 0 Å². The Kier molecular flexibility index (Phi) is 4.85. The summed E-state index contributed by atoms with van der Waals surface area (Å²) in [6, 6.07) is 0. The van der Waals surface area contributed by atoms with E-state index in [1.54, 1.807) is 5.57 Å². The predicted octanol–water partition coefficient (Wildman–Crippen LogP) is 3.47. The molecule has 1 N–H and O–H groups in total. The van der Waals surface area contributed by atoms with E-state index in [1.807, 2.05) is 0 Å². The Morgan fingerprint density at radius 3 is 2.60 bits per heavy atom. The Hall–Kier alpha value is -0.300. The van der Waals surface area contributed by atoms with Crippen molar-refractivity contribution in [3.05, 3.63) is 11.6 Å². The lowest BCUT2D eigenvalue weighted by atomic mass is 9.75. The van der Waals surface area contributed by atoms with Crippen molar-refractivity contribution in [2.24, 2.45) is 23.7 Å². The molecule has 0 heterocycles. The van der Waals surface area contributed by atoms with Crippen LogP contribution in [0.1, 0.15) is 41.0 Å². The van der Waals surface area contributed by atoms with E-state index in [1.165, 1.54) is 13.0 Å². The fraction of sp³-hybridized carbons (Fsp3) is 0.857. The van der Waals surface area contributed by atoms with E-state index < -0.39 is 0 Å². The van der Waals surface area contributed by atoms with Gasteiger partial charge in [-0.3, -0.25) is 0 Å². The van der Waals surface area contributed by atoms with Gasteiger partial charge in [0.1, 0.15) is 0 Å². The van der Waals surface area contributed by atoms with Gasteiger partial charge in [0.15, 0.2) is 0 Å². The van der Waals surface area contributed by atoms with Crippen molar-refractivity contribution >= 4 is 0 Å². The minimum atomic E-state index is 0.744. The maximum atomic E-state index is 3.60. The average molecular weight is 209 g/mol. The first kappa shape index (κ1) is 12.8. The van der Waals surface area contributed by atoms with Gasteiger partial charge < -0.3 is 5.32 Å². The number of nitrogens with one attached hydrogen (secondary N) is 1. The highest BCUT2D eigenvalue weighted by Gasteiger charge is 2.25. The van der Waals surface area contributed by atoms with E-state index in [0.29, 0.717) is 0 Å². The first-order chi connectivity index (χ1) is 7.00. The molecule has 1 aliphatic carbocycles. The van der Waals surface area contributed by atoms with Crippen molar-refractivity contribution in [2.75, 3.05) is 13.1 Å². The molecular formula is C14H27N. The lowest BCUT2D eigenvalue weighted by Crippen LogP contribution is -2.34. The Morgan fingerprint density at radius 1 is 1.40 bits per heavy atom. The fourth-order valence-electron chi connectivity index (χ4n) is 2.74. The molecule has 1 heteroatoms. The molecule has 3 atom stereocenters. The topological polar surface area (TPSA) is 12.0 Å². The van der Waals surface area contributed by atoms with Crippen molar-refractivity contribution < 1.29 is 0 Å². The van der Waals surface area contributed by atoms with Crippen LogP contribution in [-0.4, -0.2) is 13.1 Å². The van der Waals surface area contributed by atoms with Crippen LogP contribution in [0, 0.1) is 23.7 Å². The van der Waals surface area contributed by atoms with Gasteiger partial charge in [0.05, 0.1) is 0 Å². The van der Waals surface area contributed by atoms with Crippen LogP contribution in [0.5, 0.6) is 0 Å². The van der Waals surface area contributed by atoms with Crippen molar-refractivity contribution in [2.45, 2.75) is 41.0 Å². The highest BCUT2D eigenvalue weighted by molar-refractivity contribution is 5.08. The highest BCUT2D eigenvalue weighted by atomic mass is 14.9. The second-order valence-corrected chi connectivity index (χ2v) is 5.77. The Balaban J connectivity index is 2.40. The van der Waals surface area contributed by atoms with Crippen LogP contribution < -0.4 is 5.32 Å². The molecule has 0 aliphatic heterocycles. The zero-order chi connectivity index (χ0) is 11.4. The maximum absolute atomic E-state index is 3.60. The third kappa shape index (κ3) is 3.98. The molecule has 0 aromatic heterocycles. The van der Waals surface area contributed by atoms with Crippen molar-refractivity contribution in [1.29, 1.82) is 0 Å². The number of allylic oxidation sites excluding steroid dienone is 2. The molecule has 0 saturated carbocycles. The summed E-state index contributed by atoms with van der Waals surface area (Å²) < 4.78 is 0. The first-order valence-electron chi connectivity index (χ1n) is 6.38. The van der Waals surface area contributed by atoms with Crippen molar-refractivity contribution in [3.63, 3.8) is 0 Å². The van der Waals surface area contributed by atoms with Crippen molar-refractivity contribution in [1.82, 2.24) is 5.32 Å². The van der Waals surface area contributed by atoms with Gasteiger partial charge in [0.2, 0.25) is 0 Å². The van der Waals surface area contributed by atoms with Gasteiger partial charge in [0, 0.05) is 0 Å². The predicted molar refractivity (Wildman–Crippen MR) is 67.9 cm³/mol. The molecule has 0 saturated heterocycles. The standard InChI is InChI=1S/C14H27N/c1-10(2)8-15-9-14-12(4)6-11(3)7-13(14)5/h6,10,12-15H,7-9H2,1-5H3. The van der Waals surface area contributed by atoms with Crippen LogP contribution in [0.15, 0.2) is 11.6 Å². The molecule has 0 fully saturated rings. The fourth-order valence-corrected chi connectivity index (χ4v) is 2.74. The normalized spacial score (nSPS) is 31.9. The van der Waals surface area contributed by atoms with Gasteiger partial charge >= 0.3 is 0 Å². The number of rotatable bonds is 4. The zero-order valence-electron chi connectivity index (χ0n) is 11.0. The minimum absolute atomic E-state index is 0.744. The summed E-state index contributed by atoms with van der Waals surface area (Å²) >= 11 is 0. The van der Waals surface area contributed by atoms with Gasteiger partial charge in [-0.15, -0.1) is 0 Å². The van der Waals surface area contributed by atoms with E-state index in [4.69, 9.17) is 0 Å². The molecule has 0 aromatic rings. The molecule has 0 amide bonds. The maximum Gasteiger partial charge on any atom is -0.00122 e. The average Bonchev–Trinajstić information content (AvgIpc) is 2.08. The summed E-state index contributed by atoms with van der Waals surface area (Å²) in [7, 11) is 0. The summed E-state index contributed by atoms with van der Waals surface area (Å²) in [4.78, 5) is 0. The summed E-state index contributed by atoms with van der Waals surface area (Å²) in [5, 5.41) is 3.60. The molecule has 1 rings (SSSR count). The quantitative estimate of drug-likeness (QED) is 0.699. The van der Waals surface area contributed by atoms with Gasteiger partial charge in [-0.2, -0.15) is 0 Å². The Morgan fingerprint density at radius 2 is 2.07 bits per heavy atom. The molecule has 3 unspecified atom stereocenters. The molecule has 88 valence electrons. The Bertz CT molecular complexity index is 217. The molecule has 0 bridgehead atoms. The lowest BCUT2D eigenvalue weighted by Gasteiger charge is -2.33. The van der Waals surface area contributed by atoms with Crippen LogP contribution >= 0.6 is 0 Å². The van der Waals surface area contributed by atoms with Gasteiger partial charge in [-0.25, -0.2) is 0 Å². The van der Waals surface area contributed by atoms with Crippen LogP contribution in [-0.2, 0) is 0 Å². The largest absolute Gasteiger partial charge is 0.316 e. The second-order valence-electron chi connectivity index (χ2n) is 5.77. The molecule has 1 nitrogen and oxygen atoms in total. The van der Waals surface area contributed by atoms with E-state index in [-0.39, 0.29) is 0 Å². The smallest absolute Gasteiger partial charge is 0.00122 e. The number of hydrogen-bond acceptors (Lipinski definition) is 1. The summed E-state index contributed by atoms with van der Waals surface area (Å²) in [5.41, 5.74) is 1.58. The summed E-state index contributed by atoms with van der Waals surface area (Å²) in [6.45, 7) is 13.9. The first-order valence-corrected chi connectivity index (χ1v) is 6.38.